The summed E-state index contributed by atoms with van der Waals surface area (Å²) in [4.78, 5) is 14.8. The van der Waals surface area contributed by atoms with Gasteiger partial charge in [-0.3, -0.25) is 0 Å². The normalized spacial score (nSPS) is 11.4. The highest BCUT2D eigenvalue weighted by atomic mass is 32.1. The lowest BCUT2D eigenvalue weighted by molar-refractivity contribution is 0.0692. The molecule has 0 fully saturated rings. The molecule has 0 aliphatic rings. The molecule has 14 heavy (non-hydrogen) atoms. The molecule has 3 nitrogen and oxygen atoms in total. The molecule has 1 N–H and O–H groups in total. The van der Waals surface area contributed by atoms with Crippen LogP contribution in [0, 0.1) is 0 Å². The Labute approximate surface area is 88.6 Å². The summed E-state index contributed by atoms with van der Waals surface area (Å²) < 4.78 is 0. The summed E-state index contributed by atoms with van der Waals surface area (Å²) in [6.07, 6.45) is 0. The Hall–Kier alpha value is -1.03. The second-order valence-electron chi connectivity index (χ2n) is 4.12. The van der Waals surface area contributed by atoms with Crippen molar-refractivity contribution in [3.63, 3.8) is 0 Å². The molecule has 0 aromatic carbocycles. The predicted molar refractivity (Wildman–Crippen MR) is 57.1 cm³/mol. The SMILES string of the molecule is CC(C)(C)c1ccc(C(=O)O)c(S)n1. The van der Waals surface area contributed by atoms with Gasteiger partial charge < -0.3 is 5.11 Å². The maximum Gasteiger partial charge on any atom is 0.338 e. The van der Waals surface area contributed by atoms with Crippen molar-refractivity contribution in [3.05, 3.63) is 23.4 Å². The first-order valence-corrected chi connectivity index (χ1v) is 4.71. The molecule has 0 saturated heterocycles. The summed E-state index contributed by atoms with van der Waals surface area (Å²) in [6, 6.07) is 3.27. The van der Waals surface area contributed by atoms with E-state index >= 15 is 0 Å². The number of rotatable bonds is 1. The van der Waals surface area contributed by atoms with E-state index in [0.717, 1.165) is 5.69 Å². The van der Waals surface area contributed by atoms with E-state index < -0.39 is 5.97 Å². The van der Waals surface area contributed by atoms with E-state index in [2.05, 4.69) is 17.6 Å². The van der Waals surface area contributed by atoms with Gasteiger partial charge in [-0.25, -0.2) is 9.78 Å². The smallest absolute Gasteiger partial charge is 0.338 e. The summed E-state index contributed by atoms with van der Waals surface area (Å²) in [5.41, 5.74) is 0.892. The molecule has 1 heterocycles. The lowest BCUT2D eigenvalue weighted by atomic mass is 9.91. The highest BCUT2D eigenvalue weighted by Crippen LogP contribution is 2.22. The van der Waals surface area contributed by atoms with Gasteiger partial charge in [-0.05, 0) is 12.1 Å². The van der Waals surface area contributed by atoms with Gasteiger partial charge >= 0.3 is 5.97 Å². The van der Waals surface area contributed by atoms with E-state index in [9.17, 15) is 4.79 Å². The molecule has 1 aromatic rings. The average Bonchev–Trinajstić information content (AvgIpc) is 2.01. The van der Waals surface area contributed by atoms with E-state index in [4.69, 9.17) is 5.11 Å². The number of nitrogens with zero attached hydrogens (tertiary/aromatic N) is 1. The van der Waals surface area contributed by atoms with Crippen LogP contribution in [0.1, 0.15) is 36.8 Å². The Morgan fingerprint density at radius 3 is 2.36 bits per heavy atom. The number of hydrogen-bond acceptors (Lipinski definition) is 3. The average molecular weight is 211 g/mol. The van der Waals surface area contributed by atoms with Crippen molar-refractivity contribution in [2.45, 2.75) is 31.2 Å². The Kier molecular flexibility index (Phi) is 2.85. The minimum Gasteiger partial charge on any atom is -0.478 e. The highest BCUT2D eigenvalue weighted by molar-refractivity contribution is 7.80. The molecule has 1 rings (SSSR count). The van der Waals surface area contributed by atoms with Crippen LogP contribution in [-0.4, -0.2) is 16.1 Å². The lowest BCUT2D eigenvalue weighted by Gasteiger charge is -2.18. The van der Waals surface area contributed by atoms with E-state index in [0.29, 0.717) is 0 Å². The summed E-state index contributed by atoms with van der Waals surface area (Å²) in [5, 5.41) is 9.04. The van der Waals surface area contributed by atoms with Gasteiger partial charge in [-0.15, -0.1) is 12.6 Å². The van der Waals surface area contributed by atoms with Crippen molar-refractivity contribution in [2.75, 3.05) is 0 Å². The predicted octanol–water partition coefficient (Wildman–Crippen LogP) is 2.37. The summed E-state index contributed by atoms with van der Waals surface area (Å²) in [5.74, 6) is -0.997. The summed E-state index contributed by atoms with van der Waals surface area (Å²) in [7, 11) is 0. The Balaban J connectivity index is 3.20. The molecule has 0 radical (unpaired) electrons. The maximum absolute atomic E-state index is 10.7. The molecule has 0 aliphatic heterocycles. The molecule has 0 bridgehead atoms. The van der Waals surface area contributed by atoms with Crippen molar-refractivity contribution in [3.8, 4) is 0 Å². The van der Waals surface area contributed by atoms with Crippen molar-refractivity contribution >= 4 is 18.6 Å². The number of carboxylic acid groups (broad SMARTS) is 1. The largest absolute Gasteiger partial charge is 0.478 e. The zero-order valence-corrected chi connectivity index (χ0v) is 9.30. The molecule has 0 amide bonds. The molecule has 0 atom stereocenters. The quantitative estimate of drug-likeness (QED) is 0.701. The molecule has 0 aliphatic carbocycles. The Morgan fingerprint density at radius 2 is 2.00 bits per heavy atom. The van der Waals surface area contributed by atoms with Crippen LogP contribution in [0.3, 0.4) is 0 Å². The number of thiol groups is 1. The Bertz CT molecular complexity index is 369. The van der Waals surface area contributed by atoms with Crippen LogP contribution in [0.25, 0.3) is 0 Å². The Morgan fingerprint density at radius 1 is 1.43 bits per heavy atom. The second kappa shape index (κ2) is 3.61. The van der Waals surface area contributed by atoms with Crippen LogP contribution in [0.15, 0.2) is 17.2 Å². The molecule has 0 saturated carbocycles. The molecular weight excluding hydrogens is 198 g/mol. The molecule has 4 heteroatoms. The van der Waals surface area contributed by atoms with Gasteiger partial charge in [0.2, 0.25) is 0 Å². The van der Waals surface area contributed by atoms with Crippen LogP contribution in [0.5, 0.6) is 0 Å². The zero-order valence-electron chi connectivity index (χ0n) is 8.40. The van der Waals surface area contributed by atoms with Crippen LogP contribution in [-0.2, 0) is 5.41 Å². The van der Waals surface area contributed by atoms with Gasteiger partial charge in [-0.2, -0.15) is 0 Å². The van der Waals surface area contributed by atoms with Crippen LogP contribution >= 0.6 is 12.6 Å². The maximum atomic E-state index is 10.7. The standard InChI is InChI=1S/C10H13NO2S/c1-10(2,3)7-5-4-6(9(12)13)8(14)11-7/h4-5H,1-3H3,(H,11,14)(H,12,13). The fourth-order valence-electron chi connectivity index (χ4n) is 1.03. The molecule has 0 spiro atoms. The zero-order chi connectivity index (χ0) is 10.9. The monoisotopic (exact) mass is 211 g/mol. The first-order valence-electron chi connectivity index (χ1n) is 4.26. The number of hydrogen-bond donors (Lipinski definition) is 2. The van der Waals surface area contributed by atoms with Crippen molar-refractivity contribution in [1.29, 1.82) is 0 Å². The molecule has 0 unspecified atom stereocenters. The van der Waals surface area contributed by atoms with Crippen molar-refractivity contribution < 1.29 is 9.90 Å². The van der Waals surface area contributed by atoms with Crippen LogP contribution in [0.2, 0.25) is 0 Å². The second-order valence-corrected chi connectivity index (χ2v) is 4.55. The topological polar surface area (TPSA) is 50.2 Å². The van der Waals surface area contributed by atoms with Gasteiger partial charge in [0.05, 0.1) is 5.56 Å². The molecular formula is C10H13NO2S. The minimum atomic E-state index is -0.997. The first kappa shape index (κ1) is 11.0. The van der Waals surface area contributed by atoms with Gasteiger partial charge in [-0.1, -0.05) is 20.8 Å². The molecule has 1 aromatic heterocycles. The van der Waals surface area contributed by atoms with Crippen LogP contribution in [0.4, 0.5) is 0 Å². The highest BCUT2D eigenvalue weighted by Gasteiger charge is 2.18. The van der Waals surface area contributed by atoms with Gasteiger partial charge in [0.25, 0.3) is 0 Å². The van der Waals surface area contributed by atoms with Crippen molar-refractivity contribution in [1.82, 2.24) is 4.98 Å². The molecule has 76 valence electrons. The van der Waals surface area contributed by atoms with Gasteiger partial charge in [0.1, 0.15) is 5.03 Å². The first-order chi connectivity index (χ1) is 6.32. The lowest BCUT2D eigenvalue weighted by Crippen LogP contribution is -2.14. The van der Waals surface area contributed by atoms with Crippen LogP contribution < -0.4 is 0 Å². The van der Waals surface area contributed by atoms with Gasteiger partial charge in [0, 0.05) is 11.1 Å². The third-order valence-electron chi connectivity index (χ3n) is 1.87. The summed E-state index contributed by atoms with van der Waals surface area (Å²) >= 11 is 4.05. The number of pyridine rings is 1. The summed E-state index contributed by atoms with van der Waals surface area (Å²) in [6.45, 7) is 6.05. The van der Waals surface area contributed by atoms with E-state index in [-0.39, 0.29) is 16.0 Å². The minimum absolute atomic E-state index is 0.0888. The van der Waals surface area contributed by atoms with E-state index in [1.807, 2.05) is 20.8 Å². The number of carboxylic acids is 1. The van der Waals surface area contributed by atoms with E-state index in [1.54, 1.807) is 6.07 Å². The fourth-order valence-corrected chi connectivity index (χ4v) is 1.31. The van der Waals surface area contributed by atoms with E-state index in [1.165, 1.54) is 6.07 Å². The number of aromatic carboxylic acids is 1. The number of aromatic nitrogens is 1. The third-order valence-corrected chi connectivity index (χ3v) is 2.21. The van der Waals surface area contributed by atoms with Gasteiger partial charge in [0.15, 0.2) is 0 Å². The van der Waals surface area contributed by atoms with Crippen molar-refractivity contribution in [2.24, 2.45) is 0 Å². The number of carbonyl (C=O) groups is 1. The fraction of sp³-hybridized carbons (Fsp3) is 0.400. The third kappa shape index (κ3) is 2.26.